The van der Waals surface area contributed by atoms with Gasteiger partial charge in [0, 0.05) is 35.7 Å². The number of hydrogen-bond donors (Lipinski definition) is 2. The molecule has 1 amide bonds. The molecule has 0 spiro atoms. The molecule has 0 saturated carbocycles. The van der Waals surface area contributed by atoms with Crippen molar-refractivity contribution in [1.29, 1.82) is 0 Å². The molecule has 3 aliphatic heterocycles. The van der Waals surface area contributed by atoms with Crippen molar-refractivity contribution in [2.24, 2.45) is 0 Å². The number of nitrogens with one attached hydrogen (secondary N) is 2. The summed E-state index contributed by atoms with van der Waals surface area (Å²) in [5.41, 5.74) is 0.0795. The highest BCUT2D eigenvalue weighted by molar-refractivity contribution is 5.90. The SMILES string of the molecule is COc1ccc2c(c1)O[C@H](c1ccc(=O)[nH]n1)C[C@H]2NC(=O)[C@@]1(C)COc2cc3c(cc21)OC(F)(F)O3. The first-order valence-electron chi connectivity index (χ1n) is 11.4. The van der Waals surface area contributed by atoms with E-state index >= 15 is 0 Å². The molecule has 12 heteroatoms. The van der Waals surface area contributed by atoms with E-state index in [2.05, 4.69) is 25.0 Å². The molecule has 3 atom stereocenters. The highest BCUT2D eigenvalue weighted by Gasteiger charge is 2.49. The summed E-state index contributed by atoms with van der Waals surface area (Å²) in [4.78, 5) is 25.2. The first-order chi connectivity index (χ1) is 17.6. The molecule has 0 fully saturated rings. The maximum atomic E-state index is 13.7. The molecule has 0 bridgehead atoms. The van der Waals surface area contributed by atoms with Gasteiger partial charge in [0.15, 0.2) is 11.5 Å². The predicted octanol–water partition coefficient (Wildman–Crippen LogP) is 3.13. The second kappa shape index (κ2) is 8.08. The molecule has 192 valence electrons. The second-order valence-electron chi connectivity index (χ2n) is 9.20. The van der Waals surface area contributed by atoms with E-state index in [1.165, 1.54) is 25.3 Å². The van der Waals surface area contributed by atoms with E-state index in [1.54, 1.807) is 31.2 Å². The number of nitrogens with zero attached hydrogens (tertiary/aromatic N) is 1. The lowest BCUT2D eigenvalue weighted by molar-refractivity contribution is -0.286. The van der Waals surface area contributed by atoms with E-state index in [1.807, 2.05) is 0 Å². The Morgan fingerprint density at radius 2 is 1.89 bits per heavy atom. The van der Waals surface area contributed by atoms with Crippen LogP contribution in [0, 0.1) is 0 Å². The highest BCUT2D eigenvalue weighted by atomic mass is 19.3. The third-order valence-corrected chi connectivity index (χ3v) is 6.77. The molecule has 0 unspecified atom stereocenters. The lowest BCUT2D eigenvalue weighted by Crippen LogP contribution is -2.46. The van der Waals surface area contributed by atoms with Gasteiger partial charge in [0.25, 0.3) is 5.56 Å². The van der Waals surface area contributed by atoms with Crippen LogP contribution in [0.1, 0.15) is 42.3 Å². The molecule has 1 aromatic heterocycles. The van der Waals surface area contributed by atoms with Gasteiger partial charge in [-0.2, -0.15) is 5.10 Å². The summed E-state index contributed by atoms with van der Waals surface area (Å²) in [6.07, 6.45) is -4.03. The third kappa shape index (κ3) is 3.88. The van der Waals surface area contributed by atoms with Crippen LogP contribution in [-0.4, -0.2) is 36.1 Å². The summed E-state index contributed by atoms with van der Waals surface area (Å²) in [6, 6.07) is 10.3. The number of fused-ring (bicyclic) bond motifs is 3. The molecule has 10 nitrogen and oxygen atoms in total. The van der Waals surface area contributed by atoms with Crippen molar-refractivity contribution in [1.82, 2.24) is 15.5 Å². The Morgan fingerprint density at radius 3 is 2.62 bits per heavy atom. The fraction of sp³-hybridized carbons (Fsp3) is 0.320. The Hall–Kier alpha value is -4.35. The van der Waals surface area contributed by atoms with Crippen molar-refractivity contribution in [3.63, 3.8) is 0 Å². The molecular weight excluding hydrogens is 492 g/mol. The van der Waals surface area contributed by atoms with Crippen LogP contribution in [0.25, 0.3) is 0 Å². The number of H-pyrrole nitrogens is 1. The van der Waals surface area contributed by atoms with Gasteiger partial charge in [-0.05, 0) is 31.2 Å². The topological polar surface area (TPSA) is 121 Å². The number of halogens is 2. The van der Waals surface area contributed by atoms with E-state index in [4.69, 9.17) is 14.2 Å². The Morgan fingerprint density at radius 1 is 1.11 bits per heavy atom. The molecule has 0 radical (unpaired) electrons. The third-order valence-electron chi connectivity index (χ3n) is 6.77. The van der Waals surface area contributed by atoms with Gasteiger partial charge >= 0.3 is 6.29 Å². The first kappa shape index (κ1) is 23.1. The molecule has 37 heavy (non-hydrogen) atoms. The predicted molar refractivity (Wildman–Crippen MR) is 122 cm³/mol. The summed E-state index contributed by atoms with van der Waals surface area (Å²) >= 11 is 0. The number of hydrogen-bond acceptors (Lipinski definition) is 8. The van der Waals surface area contributed by atoms with Gasteiger partial charge < -0.3 is 29.0 Å². The molecule has 6 rings (SSSR count). The van der Waals surface area contributed by atoms with Crippen molar-refractivity contribution in [3.8, 4) is 28.7 Å². The number of benzene rings is 2. The van der Waals surface area contributed by atoms with Crippen LogP contribution in [0.5, 0.6) is 28.7 Å². The Bertz CT molecular complexity index is 1460. The molecule has 2 aromatic carbocycles. The first-order valence-corrected chi connectivity index (χ1v) is 11.4. The van der Waals surface area contributed by atoms with E-state index in [9.17, 15) is 18.4 Å². The van der Waals surface area contributed by atoms with Gasteiger partial charge in [-0.25, -0.2) is 5.10 Å². The minimum Gasteiger partial charge on any atom is -0.497 e. The van der Waals surface area contributed by atoms with E-state index < -0.39 is 23.9 Å². The maximum absolute atomic E-state index is 13.7. The number of ether oxygens (including phenoxy) is 5. The molecule has 3 aliphatic rings. The number of alkyl halides is 2. The van der Waals surface area contributed by atoms with Crippen LogP contribution >= 0.6 is 0 Å². The summed E-state index contributed by atoms with van der Waals surface area (Å²) in [6.45, 7) is 1.67. The van der Waals surface area contributed by atoms with Crippen LogP contribution in [0.2, 0.25) is 0 Å². The molecule has 0 aliphatic carbocycles. The Balaban J connectivity index is 1.32. The summed E-state index contributed by atoms with van der Waals surface area (Å²) in [5, 5.41) is 9.55. The van der Waals surface area contributed by atoms with E-state index in [-0.39, 0.29) is 35.3 Å². The van der Waals surface area contributed by atoms with Gasteiger partial charge in [0.2, 0.25) is 5.91 Å². The lowest BCUT2D eigenvalue weighted by Gasteiger charge is -2.34. The minimum absolute atomic E-state index is 0.00293. The normalized spacial score (nSPS) is 24.3. The number of amides is 1. The number of carbonyl (C=O) groups is 1. The van der Waals surface area contributed by atoms with Crippen molar-refractivity contribution in [2.45, 2.75) is 37.2 Å². The Kier molecular flexibility index (Phi) is 5.04. The molecule has 0 saturated heterocycles. The Labute approximate surface area is 208 Å². The maximum Gasteiger partial charge on any atom is 0.586 e. The van der Waals surface area contributed by atoms with Crippen molar-refractivity contribution in [3.05, 3.63) is 69.6 Å². The van der Waals surface area contributed by atoms with Crippen LogP contribution in [0.4, 0.5) is 8.78 Å². The van der Waals surface area contributed by atoms with Crippen molar-refractivity contribution >= 4 is 5.91 Å². The second-order valence-corrected chi connectivity index (χ2v) is 9.20. The molecular formula is C25H21F2N3O7. The minimum atomic E-state index is -3.78. The number of carbonyl (C=O) groups excluding carboxylic acids is 1. The monoisotopic (exact) mass is 513 g/mol. The highest BCUT2D eigenvalue weighted by Crippen LogP contribution is 2.50. The van der Waals surface area contributed by atoms with Crippen molar-refractivity contribution < 1.29 is 37.3 Å². The van der Waals surface area contributed by atoms with E-state index in [0.717, 1.165) is 5.56 Å². The zero-order chi connectivity index (χ0) is 25.9. The van der Waals surface area contributed by atoms with Crippen LogP contribution in [0.3, 0.4) is 0 Å². The zero-order valence-corrected chi connectivity index (χ0v) is 19.7. The number of aromatic nitrogens is 2. The smallest absolute Gasteiger partial charge is 0.497 e. The quantitative estimate of drug-likeness (QED) is 0.546. The van der Waals surface area contributed by atoms with Gasteiger partial charge in [-0.15, -0.1) is 8.78 Å². The van der Waals surface area contributed by atoms with Gasteiger partial charge in [0.1, 0.15) is 41.1 Å². The van der Waals surface area contributed by atoms with E-state index in [0.29, 0.717) is 29.2 Å². The summed E-state index contributed by atoms with van der Waals surface area (Å²) in [5.74, 6) is 0.631. The number of methoxy groups -OCH3 is 1. The zero-order valence-electron chi connectivity index (χ0n) is 19.7. The lowest BCUT2D eigenvalue weighted by atomic mass is 9.82. The summed E-state index contributed by atoms with van der Waals surface area (Å²) < 4.78 is 53.4. The molecule has 3 aromatic rings. The fourth-order valence-electron chi connectivity index (χ4n) is 4.76. The molecule has 2 N–H and O–H groups in total. The standard InChI is InChI=1S/C25H21F2N3O7/c1-24(11-34-18-10-21-20(8-14(18)24)36-25(26,27)37-21)23(32)28-16-9-19(15-5-6-22(31)30-29-15)35-17-7-12(33-2)3-4-13(16)17/h3-8,10,16,19H,9,11H2,1-2H3,(H,28,32)(H,30,31)/t16-,19+,24+/m1/s1. The van der Waals surface area contributed by atoms with Crippen LogP contribution < -0.4 is 34.6 Å². The summed E-state index contributed by atoms with van der Waals surface area (Å²) in [7, 11) is 1.53. The molecule has 4 heterocycles. The van der Waals surface area contributed by atoms with Gasteiger partial charge in [0.05, 0.1) is 13.2 Å². The van der Waals surface area contributed by atoms with Crippen LogP contribution in [0.15, 0.2) is 47.3 Å². The van der Waals surface area contributed by atoms with Gasteiger partial charge in [-0.3, -0.25) is 9.59 Å². The number of aromatic amines is 1. The average molecular weight is 513 g/mol. The average Bonchev–Trinajstić information content (AvgIpc) is 3.37. The van der Waals surface area contributed by atoms with Gasteiger partial charge in [-0.1, -0.05) is 0 Å². The van der Waals surface area contributed by atoms with Crippen LogP contribution in [-0.2, 0) is 10.2 Å². The largest absolute Gasteiger partial charge is 0.586 e. The number of rotatable bonds is 4. The van der Waals surface area contributed by atoms with Crippen molar-refractivity contribution in [2.75, 3.05) is 13.7 Å². The fourth-order valence-corrected chi connectivity index (χ4v) is 4.76.